The standard InChI is InChI=1S/C15H17ClN2O2S/c1-21(19,20)15-7-4-6-14(16)13(15)11-17-10-8-12-5-2-3-9-18-12/h2-7,9,17H,8,10-11H2,1H3. The first-order valence-corrected chi connectivity index (χ1v) is 8.83. The van der Waals surface area contributed by atoms with Crippen LogP contribution in [0, 0.1) is 0 Å². The van der Waals surface area contributed by atoms with Crippen molar-refractivity contribution in [2.75, 3.05) is 12.8 Å². The maximum Gasteiger partial charge on any atom is 0.175 e. The van der Waals surface area contributed by atoms with Crippen LogP contribution in [0.3, 0.4) is 0 Å². The summed E-state index contributed by atoms with van der Waals surface area (Å²) < 4.78 is 23.5. The van der Waals surface area contributed by atoms with Gasteiger partial charge in [-0.05, 0) is 24.3 Å². The highest BCUT2D eigenvalue weighted by Crippen LogP contribution is 2.23. The molecule has 1 aromatic heterocycles. The van der Waals surface area contributed by atoms with Gasteiger partial charge in [-0.3, -0.25) is 4.98 Å². The third-order valence-corrected chi connectivity index (χ3v) is 4.60. The van der Waals surface area contributed by atoms with E-state index in [0.29, 0.717) is 23.7 Å². The van der Waals surface area contributed by atoms with Crippen LogP contribution in [0.15, 0.2) is 47.5 Å². The van der Waals surface area contributed by atoms with Crippen LogP contribution in [0.4, 0.5) is 0 Å². The average Bonchev–Trinajstić information content (AvgIpc) is 2.45. The Hall–Kier alpha value is -1.43. The molecule has 0 amide bonds. The normalized spacial score (nSPS) is 11.5. The molecule has 0 unspecified atom stereocenters. The topological polar surface area (TPSA) is 59.1 Å². The Labute approximate surface area is 130 Å². The molecule has 0 radical (unpaired) electrons. The number of rotatable bonds is 6. The molecule has 21 heavy (non-hydrogen) atoms. The van der Waals surface area contributed by atoms with Crippen molar-refractivity contribution in [3.63, 3.8) is 0 Å². The second kappa shape index (κ2) is 7.02. The summed E-state index contributed by atoms with van der Waals surface area (Å²) in [7, 11) is -3.28. The second-order valence-electron chi connectivity index (χ2n) is 4.74. The van der Waals surface area contributed by atoms with Gasteiger partial charge in [0.2, 0.25) is 0 Å². The van der Waals surface area contributed by atoms with Gasteiger partial charge < -0.3 is 5.32 Å². The fourth-order valence-corrected chi connectivity index (χ4v) is 3.29. The van der Waals surface area contributed by atoms with E-state index in [1.165, 1.54) is 6.26 Å². The van der Waals surface area contributed by atoms with E-state index in [2.05, 4.69) is 10.3 Å². The molecule has 4 nitrogen and oxygen atoms in total. The third-order valence-electron chi connectivity index (χ3n) is 3.06. The molecule has 0 spiro atoms. The van der Waals surface area contributed by atoms with Crippen LogP contribution in [0.5, 0.6) is 0 Å². The zero-order valence-electron chi connectivity index (χ0n) is 11.7. The highest BCUT2D eigenvalue weighted by atomic mass is 35.5. The zero-order chi connectivity index (χ0) is 15.3. The SMILES string of the molecule is CS(=O)(=O)c1cccc(Cl)c1CNCCc1ccccn1. The second-order valence-corrected chi connectivity index (χ2v) is 7.13. The number of halogens is 1. The lowest BCUT2D eigenvalue weighted by Gasteiger charge is -2.11. The zero-order valence-corrected chi connectivity index (χ0v) is 13.3. The molecule has 1 heterocycles. The van der Waals surface area contributed by atoms with Crippen molar-refractivity contribution in [3.8, 4) is 0 Å². The molecule has 2 aromatic rings. The monoisotopic (exact) mass is 324 g/mol. The Balaban J connectivity index is 2.00. The predicted molar refractivity (Wildman–Crippen MR) is 84.2 cm³/mol. The van der Waals surface area contributed by atoms with Crippen LogP contribution < -0.4 is 5.32 Å². The van der Waals surface area contributed by atoms with E-state index < -0.39 is 9.84 Å². The Morgan fingerprint density at radius 1 is 1.19 bits per heavy atom. The quantitative estimate of drug-likeness (QED) is 0.829. The Bertz CT molecular complexity index is 703. The number of hydrogen-bond donors (Lipinski definition) is 1. The molecular formula is C15H17ClN2O2S. The van der Waals surface area contributed by atoms with Gasteiger partial charge in [0.1, 0.15) is 0 Å². The molecule has 1 N–H and O–H groups in total. The van der Waals surface area contributed by atoms with E-state index in [4.69, 9.17) is 11.6 Å². The molecule has 0 aliphatic heterocycles. The van der Waals surface area contributed by atoms with Crippen molar-refractivity contribution in [2.24, 2.45) is 0 Å². The molecule has 6 heteroatoms. The van der Waals surface area contributed by atoms with Crippen LogP contribution >= 0.6 is 11.6 Å². The molecule has 0 saturated carbocycles. The number of sulfone groups is 1. The molecule has 112 valence electrons. The minimum atomic E-state index is -3.28. The summed E-state index contributed by atoms with van der Waals surface area (Å²) in [6, 6.07) is 10.7. The largest absolute Gasteiger partial charge is 0.312 e. The number of nitrogens with zero attached hydrogens (tertiary/aromatic N) is 1. The number of nitrogens with one attached hydrogen (secondary N) is 1. The van der Waals surface area contributed by atoms with E-state index in [0.717, 1.165) is 12.1 Å². The smallest absolute Gasteiger partial charge is 0.175 e. The molecule has 0 bridgehead atoms. The first-order chi connectivity index (χ1) is 9.98. The molecule has 1 aromatic carbocycles. The van der Waals surface area contributed by atoms with Gasteiger partial charge in [0.05, 0.1) is 4.90 Å². The van der Waals surface area contributed by atoms with E-state index in [1.807, 2.05) is 18.2 Å². The van der Waals surface area contributed by atoms with E-state index in [-0.39, 0.29) is 4.90 Å². The van der Waals surface area contributed by atoms with Gasteiger partial charge in [-0.1, -0.05) is 23.7 Å². The minimum Gasteiger partial charge on any atom is -0.312 e. The summed E-state index contributed by atoms with van der Waals surface area (Å²) >= 11 is 6.11. The lowest BCUT2D eigenvalue weighted by Crippen LogP contribution is -2.19. The lowest BCUT2D eigenvalue weighted by molar-refractivity contribution is 0.598. The van der Waals surface area contributed by atoms with Crippen molar-refractivity contribution in [2.45, 2.75) is 17.9 Å². The summed E-state index contributed by atoms with van der Waals surface area (Å²) in [6.07, 6.45) is 3.72. The van der Waals surface area contributed by atoms with E-state index >= 15 is 0 Å². The summed E-state index contributed by atoms with van der Waals surface area (Å²) in [5.41, 5.74) is 1.61. The Morgan fingerprint density at radius 2 is 2.00 bits per heavy atom. The van der Waals surface area contributed by atoms with Gasteiger partial charge >= 0.3 is 0 Å². The fraction of sp³-hybridized carbons (Fsp3) is 0.267. The third kappa shape index (κ3) is 4.52. The van der Waals surface area contributed by atoms with Crippen molar-refractivity contribution in [1.29, 1.82) is 0 Å². The van der Waals surface area contributed by atoms with Crippen molar-refractivity contribution in [1.82, 2.24) is 10.3 Å². The summed E-state index contributed by atoms with van der Waals surface area (Å²) in [6.45, 7) is 1.11. The predicted octanol–water partition coefficient (Wildman–Crippen LogP) is 2.47. The summed E-state index contributed by atoms with van der Waals surface area (Å²) in [5.74, 6) is 0. The molecule has 0 aliphatic carbocycles. The maximum absolute atomic E-state index is 11.8. The van der Waals surface area contributed by atoms with Crippen molar-refractivity contribution in [3.05, 3.63) is 58.9 Å². The number of pyridine rings is 1. The molecule has 0 atom stereocenters. The van der Waals surface area contributed by atoms with Crippen LogP contribution in [0.25, 0.3) is 0 Å². The Morgan fingerprint density at radius 3 is 2.67 bits per heavy atom. The van der Waals surface area contributed by atoms with Crippen molar-refractivity contribution < 1.29 is 8.42 Å². The van der Waals surface area contributed by atoms with Gasteiger partial charge in [-0.15, -0.1) is 0 Å². The van der Waals surface area contributed by atoms with Crippen LogP contribution in [-0.2, 0) is 22.8 Å². The van der Waals surface area contributed by atoms with Gasteiger partial charge in [-0.25, -0.2) is 8.42 Å². The first-order valence-electron chi connectivity index (χ1n) is 6.56. The number of aromatic nitrogens is 1. The summed E-state index contributed by atoms with van der Waals surface area (Å²) in [5, 5.41) is 3.68. The minimum absolute atomic E-state index is 0.278. The van der Waals surface area contributed by atoms with Crippen LogP contribution in [0.1, 0.15) is 11.3 Å². The first kappa shape index (κ1) is 15.9. The van der Waals surface area contributed by atoms with Gasteiger partial charge in [-0.2, -0.15) is 0 Å². The maximum atomic E-state index is 11.8. The van der Waals surface area contributed by atoms with E-state index in [1.54, 1.807) is 24.4 Å². The number of hydrogen-bond acceptors (Lipinski definition) is 4. The van der Waals surface area contributed by atoms with Gasteiger partial charge in [0, 0.05) is 48.2 Å². The fourth-order valence-electron chi connectivity index (χ4n) is 2.03. The number of benzene rings is 1. The molecule has 0 saturated heterocycles. The lowest BCUT2D eigenvalue weighted by atomic mass is 10.2. The molecule has 0 aliphatic rings. The molecular weight excluding hydrogens is 308 g/mol. The van der Waals surface area contributed by atoms with Crippen molar-refractivity contribution >= 4 is 21.4 Å². The van der Waals surface area contributed by atoms with Gasteiger partial charge in [0.15, 0.2) is 9.84 Å². The average molecular weight is 325 g/mol. The Kier molecular flexibility index (Phi) is 5.33. The summed E-state index contributed by atoms with van der Waals surface area (Å²) in [4.78, 5) is 4.51. The molecule has 2 rings (SSSR count). The highest BCUT2D eigenvalue weighted by molar-refractivity contribution is 7.90. The van der Waals surface area contributed by atoms with Gasteiger partial charge in [0.25, 0.3) is 0 Å². The van der Waals surface area contributed by atoms with E-state index in [9.17, 15) is 8.42 Å². The highest BCUT2D eigenvalue weighted by Gasteiger charge is 2.15. The molecule has 0 fully saturated rings. The van der Waals surface area contributed by atoms with Crippen LogP contribution in [0.2, 0.25) is 5.02 Å². The van der Waals surface area contributed by atoms with Crippen LogP contribution in [-0.4, -0.2) is 26.2 Å².